The molecule has 10 heteroatoms. The van der Waals surface area contributed by atoms with Crippen molar-refractivity contribution in [3.63, 3.8) is 0 Å². The molecule has 37 heavy (non-hydrogen) atoms. The van der Waals surface area contributed by atoms with Crippen LogP contribution >= 0.6 is 0 Å². The van der Waals surface area contributed by atoms with Gasteiger partial charge in [0.05, 0.1) is 11.1 Å². The number of benzene rings is 2. The van der Waals surface area contributed by atoms with Crippen molar-refractivity contribution in [2.24, 2.45) is 0 Å². The number of alkyl carbamates (subject to hydrolysis) is 1. The second-order valence-corrected chi connectivity index (χ2v) is 9.90. The quantitative estimate of drug-likeness (QED) is 0.468. The molecule has 3 rings (SSSR count). The third-order valence-corrected chi connectivity index (χ3v) is 5.45. The summed E-state index contributed by atoms with van der Waals surface area (Å²) in [7, 11) is 0. The summed E-state index contributed by atoms with van der Waals surface area (Å²) < 4.78 is 5.14. The maximum Gasteiger partial charge on any atom is 0.407 e. The number of rotatable bonds is 8. The maximum absolute atomic E-state index is 12.8. The van der Waals surface area contributed by atoms with Gasteiger partial charge in [-0.25, -0.2) is 4.79 Å². The van der Waals surface area contributed by atoms with Crippen LogP contribution in [0.4, 0.5) is 10.5 Å². The molecule has 5 amide bonds. The molecule has 0 aliphatic carbocycles. The minimum absolute atomic E-state index is 0.0369. The molecule has 1 aliphatic rings. The molecule has 0 saturated carbocycles. The van der Waals surface area contributed by atoms with Gasteiger partial charge >= 0.3 is 6.09 Å². The molecule has 2 aromatic rings. The summed E-state index contributed by atoms with van der Waals surface area (Å²) >= 11 is 0. The number of fused-ring (bicyclic) bond motifs is 1. The van der Waals surface area contributed by atoms with E-state index in [0.717, 1.165) is 0 Å². The van der Waals surface area contributed by atoms with Crippen LogP contribution in [0.5, 0.6) is 0 Å². The minimum atomic E-state index is -0.628. The van der Waals surface area contributed by atoms with Crippen LogP contribution in [0, 0.1) is 0 Å². The number of imide groups is 1. The van der Waals surface area contributed by atoms with Crippen LogP contribution in [-0.4, -0.2) is 52.8 Å². The monoisotopic (exact) mass is 508 g/mol. The molecule has 2 aromatic carbocycles. The van der Waals surface area contributed by atoms with E-state index < -0.39 is 23.5 Å². The summed E-state index contributed by atoms with van der Waals surface area (Å²) in [4.78, 5) is 63.2. The highest BCUT2D eigenvalue weighted by molar-refractivity contribution is 6.22. The molecule has 0 spiro atoms. The van der Waals surface area contributed by atoms with Gasteiger partial charge < -0.3 is 20.7 Å². The molecule has 196 valence electrons. The van der Waals surface area contributed by atoms with Gasteiger partial charge in [0, 0.05) is 36.8 Å². The zero-order valence-electron chi connectivity index (χ0n) is 21.6. The molecule has 0 atom stereocenters. The molecule has 10 nitrogen and oxygen atoms in total. The molecular weight excluding hydrogens is 476 g/mol. The summed E-state index contributed by atoms with van der Waals surface area (Å²) in [6.45, 7) is 8.98. The molecular formula is C27H32N4O6. The third-order valence-electron chi connectivity index (χ3n) is 5.45. The van der Waals surface area contributed by atoms with Crippen LogP contribution in [0.3, 0.4) is 0 Å². The van der Waals surface area contributed by atoms with Crippen molar-refractivity contribution in [3.05, 3.63) is 64.7 Å². The number of nitrogens with one attached hydrogen (secondary N) is 3. The molecule has 1 heterocycles. The average molecular weight is 509 g/mol. The molecule has 3 N–H and O–H groups in total. The predicted octanol–water partition coefficient (Wildman–Crippen LogP) is 3.47. The lowest BCUT2D eigenvalue weighted by molar-refractivity contribution is -0.116. The zero-order valence-corrected chi connectivity index (χ0v) is 21.6. The fourth-order valence-corrected chi connectivity index (χ4v) is 3.75. The van der Waals surface area contributed by atoms with Crippen molar-refractivity contribution < 1.29 is 28.7 Å². The first kappa shape index (κ1) is 27.4. The number of anilines is 1. The number of hydrogen-bond acceptors (Lipinski definition) is 6. The summed E-state index contributed by atoms with van der Waals surface area (Å²) in [6.07, 6.45) is -0.562. The molecule has 0 bridgehead atoms. The van der Waals surface area contributed by atoms with E-state index in [1.165, 1.54) is 23.1 Å². The highest BCUT2D eigenvalue weighted by Gasteiger charge is 2.37. The normalized spacial score (nSPS) is 12.9. The Morgan fingerprint density at radius 2 is 1.62 bits per heavy atom. The molecule has 1 aliphatic heterocycles. The summed E-state index contributed by atoms with van der Waals surface area (Å²) in [5.41, 5.74) is 1.30. The summed E-state index contributed by atoms with van der Waals surface area (Å²) in [5, 5.41) is 8.11. The number of carbonyl (C=O) groups is 5. The van der Waals surface area contributed by atoms with Gasteiger partial charge in [-0.2, -0.15) is 0 Å². The predicted molar refractivity (Wildman–Crippen MR) is 137 cm³/mol. The largest absolute Gasteiger partial charge is 0.444 e. The highest BCUT2D eigenvalue weighted by Crippen LogP contribution is 2.26. The van der Waals surface area contributed by atoms with Crippen molar-refractivity contribution in [2.75, 3.05) is 11.9 Å². The zero-order chi connectivity index (χ0) is 27.3. The molecule has 0 radical (unpaired) electrons. The lowest BCUT2D eigenvalue weighted by Gasteiger charge is -2.19. The van der Waals surface area contributed by atoms with Gasteiger partial charge in [-0.3, -0.25) is 24.1 Å². The number of para-hydroxylation sites is 1. The summed E-state index contributed by atoms with van der Waals surface area (Å²) in [6, 6.07) is 11.1. The van der Waals surface area contributed by atoms with Crippen molar-refractivity contribution in [1.82, 2.24) is 15.5 Å². The Kier molecular flexibility index (Phi) is 8.31. The number of hydrogen-bond donors (Lipinski definition) is 3. The SMILES string of the molecule is CC(C)N1C(=O)c2ccc(C(=O)NCc3ccccc3NC(=O)CCNC(=O)OC(C)(C)C)cc2C1=O. The highest BCUT2D eigenvalue weighted by atomic mass is 16.6. The Hall–Kier alpha value is -4.21. The van der Waals surface area contributed by atoms with Gasteiger partial charge in [-0.15, -0.1) is 0 Å². The fourth-order valence-electron chi connectivity index (χ4n) is 3.75. The topological polar surface area (TPSA) is 134 Å². The third kappa shape index (κ3) is 6.93. The van der Waals surface area contributed by atoms with Crippen LogP contribution in [0.2, 0.25) is 0 Å². The van der Waals surface area contributed by atoms with Gasteiger partial charge in [-0.05, 0) is 64.4 Å². The van der Waals surface area contributed by atoms with E-state index in [1.807, 2.05) is 0 Å². The number of ether oxygens (including phenoxy) is 1. The van der Waals surface area contributed by atoms with Crippen LogP contribution in [0.15, 0.2) is 42.5 Å². The Labute approximate surface area is 215 Å². The molecule has 0 fully saturated rings. The van der Waals surface area contributed by atoms with E-state index in [4.69, 9.17) is 4.74 Å². The van der Waals surface area contributed by atoms with Crippen molar-refractivity contribution >= 4 is 35.4 Å². The van der Waals surface area contributed by atoms with E-state index in [-0.39, 0.29) is 54.1 Å². The number of carbonyl (C=O) groups excluding carboxylic acids is 5. The van der Waals surface area contributed by atoms with E-state index in [9.17, 15) is 24.0 Å². The maximum atomic E-state index is 12.8. The van der Waals surface area contributed by atoms with E-state index in [1.54, 1.807) is 58.9 Å². The van der Waals surface area contributed by atoms with Crippen molar-refractivity contribution in [2.45, 2.75) is 59.2 Å². The fraction of sp³-hybridized carbons (Fsp3) is 0.370. The molecule has 0 unspecified atom stereocenters. The summed E-state index contributed by atoms with van der Waals surface area (Å²) in [5.74, 6) is -1.52. The first-order chi connectivity index (χ1) is 17.4. The van der Waals surface area contributed by atoms with E-state index >= 15 is 0 Å². The lowest BCUT2D eigenvalue weighted by atomic mass is 10.1. The Balaban J connectivity index is 1.58. The van der Waals surface area contributed by atoms with Crippen LogP contribution in [-0.2, 0) is 16.1 Å². The van der Waals surface area contributed by atoms with Crippen LogP contribution < -0.4 is 16.0 Å². The van der Waals surface area contributed by atoms with Crippen LogP contribution in [0.25, 0.3) is 0 Å². The second kappa shape index (κ2) is 11.2. The molecule has 0 aromatic heterocycles. The van der Waals surface area contributed by atoms with Crippen molar-refractivity contribution in [3.8, 4) is 0 Å². The molecule has 0 saturated heterocycles. The first-order valence-corrected chi connectivity index (χ1v) is 12.0. The second-order valence-electron chi connectivity index (χ2n) is 9.90. The van der Waals surface area contributed by atoms with Gasteiger partial charge in [-0.1, -0.05) is 18.2 Å². The van der Waals surface area contributed by atoms with Gasteiger partial charge in [0.25, 0.3) is 17.7 Å². The first-order valence-electron chi connectivity index (χ1n) is 12.0. The van der Waals surface area contributed by atoms with Crippen LogP contribution in [0.1, 0.15) is 77.7 Å². The minimum Gasteiger partial charge on any atom is -0.444 e. The van der Waals surface area contributed by atoms with Gasteiger partial charge in [0.2, 0.25) is 5.91 Å². The van der Waals surface area contributed by atoms with E-state index in [2.05, 4.69) is 16.0 Å². The Morgan fingerprint density at radius 3 is 2.30 bits per heavy atom. The van der Waals surface area contributed by atoms with Crippen molar-refractivity contribution in [1.29, 1.82) is 0 Å². The standard InChI is InChI=1S/C27H32N4O6/c1-16(2)31-24(34)19-11-10-17(14-20(19)25(31)35)23(33)29-15-18-8-6-7-9-21(18)30-22(32)12-13-28-26(36)37-27(3,4)5/h6-11,14,16H,12-13,15H2,1-5H3,(H,28,36)(H,29,33)(H,30,32). The Bertz CT molecular complexity index is 1230. The smallest absolute Gasteiger partial charge is 0.407 e. The van der Waals surface area contributed by atoms with Gasteiger partial charge in [0.1, 0.15) is 5.60 Å². The van der Waals surface area contributed by atoms with E-state index in [0.29, 0.717) is 11.3 Å². The Morgan fingerprint density at radius 1 is 0.946 bits per heavy atom. The number of nitrogens with zero attached hydrogens (tertiary/aromatic N) is 1. The number of amides is 5. The lowest BCUT2D eigenvalue weighted by Crippen LogP contribution is -2.35. The van der Waals surface area contributed by atoms with Gasteiger partial charge in [0.15, 0.2) is 0 Å². The average Bonchev–Trinajstić information content (AvgIpc) is 3.06.